The van der Waals surface area contributed by atoms with E-state index in [2.05, 4.69) is 23.2 Å². The number of amides is 1. The SMILES string of the molecule is Cc1cccc(C(=O)N[C@@H]2CN3CCC2CC3)c1C. The molecule has 102 valence electrons. The van der Waals surface area contributed by atoms with Gasteiger partial charge in [-0.2, -0.15) is 0 Å². The van der Waals surface area contributed by atoms with Crippen LogP contribution < -0.4 is 5.32 Å². The first-order valence-corrected chi connectivity index (χ1v) is 7.24. The highest BCUT2D eigenvalue weighted by Gasteiger charge is 2.35. The van der Waals surface area contributed by atoms with Gasteiger partial charge in [-0.25, -0.2) is 0 Å². The molecule has 2 bridgehead atoms. The Hall–Kier alpha value is -1.35. The zero-order chi connectivity index (χ0) is 13.4. The molecule has 3 heteroatoms. The predicted octanol–water partition coefficient (Wildman–Crippen LogP) is 2.13. The maximum atomic E-state index is 12.4. The lowest BCUT2D eigenvalue weighted by Crippen LogP contribution is -2.57. The molecule has 3 aliphatic heterocycles. The van der Waals surface area contributed by atoms with Gasteiger partial charge in [-0.1, -0.05) is 12.1 Å². The number of hydrogen-bond acceptors (Lipinski definition) is 2. The first-order valence-electron chi connectivity index (χ1n) is 7.24. The summed E-state index contributed by atoms with van der Waals surface area (Å²) in [4.78, 5) is 14.9. The van der Waals surface area contributed by atoms with Gasteiger partial charge in [-0.05, 0) is 62.9 Å². The molecule has 1 amide bonds. The van der Waals surface area contributed by atoms with Crippen molar-refractivity contribution in [2.24, 2.45) is 5.92 Å². The van der Waals surface area contributed by atoms with Crippen LogP contribution in [0.1, 0.15) is 34.3 Å². The molecule has 0 saturated carbocycles. The van der Waals surface area contributed by atoms with Gasteiger partial charge in [0, 0.05) is 18.2 Å². The Morgan fingerprint density at radius 2 is 2.00 bits per heavy atom. The van der Waals surface area contributed by atoms with Crippen LogP contribution in [0.4, 0.5) is 0 Å². The number of carbonyl (C=O) groups is 1. The van der Waals surface area contributed by atoms with Crippen molar-refractivity contribution in [1.82, 2.24) is 10.2 Å². The van der Waals surface area contributed by atoms with Gasteiger partial charge in [0.15, 0.2) is 0 Å². The molecule has 19 heavy (non-hydrogen) atoms. The van der Waals surface area contributed by atoms with Gasteiger partial charge >= 0.3 is 0 Å². The predicted molar refractivity (Wildman–Crippen MR) is 76.3 cm³/mol. The summed E-state index contributed by atoms with van der Waals surface area (Å²) in [7, 11) is 0. The molecule has 0 aliphatic carbocycles. The Kier molecular flexibility index (Phi) is 3.31. The number of nitrogens with one attached hydrogen (secondary N) is 1. The monoisotopic (exact) mass is 258 g/mol. The first-order chi connectivity index (χ1) is 9.15. The third-order valence-corrected chi connectivity index (χ3v) is 4.82. The number of benzene rings is 1. The quantitative estimate of drug-likeness (QED) is 0.881. The molecule has 3 heterocycles. The van der Waals surface area contributed by atoms with Crippen LogP contribution >= 0.6 is 0 Å². The molecule has 0 spiro atoms. The second kappa shape index (κ2) is 4.97. The van der Waals surface area contributed by atoms with Crippen LogP contribution in [0.2, 0.25) is 0 Å². The summed E-state index contributed by atoms with van der Waals surface area (Å²) in [6.07, 6.45) is 2.47. The third-order valence-electron chi connectivity index (χ3n) is 4.82. The van der Waals surface area contributed by atoms with Crippen molar-refractivity contribution in [1.29, 1.82) is 0 Å². The molecule has 1 aromatic rings. The van der Waals surface area contributed by atoms with E-state index in [1.807, 2.05) is 19.1 Å². The van der Waals surface area contributed by atoms with Gasteiger partial charge in [-0.15, -0.1) is 0 Å². The Bertz CT molecular complexity index is 490. The Balaban J connectivity index is 1.73. The van der Waals surface area contributed by atoms with Crippen LogP contribution in [-0.2, 0) is 0 Å². The van der Waals surface area contributed by atoms with Crippen molar-refractivity contribution in [2.45, 2.75) is 32.7 Å². The van der Waals surface area contributed by atoms with Crippen molar-refractivity contribution >= 4 is 5.91 Å². The molecule has 3 saturated heterocycles. The minimum absolute atomic E-state index is 0.0972. The lowest BCUT2D eigenvalue weighted by molar-refractivity contribution is 0.0620. The largest absolute Gasteiger partial charge is 0.348 e. The maximum Gasteiger partial charge on any atom is 0.251 e. The number of fused-ring (bicyclic) bond motifs is 3. The van der Waals surface area contributed by atoms with E-state index in [0.29, 0.717) is 12.0 Å². The van der Waals surface area contributed by atoms with Crippen molar-refractivity contribution in [3.8, 4) is 0 Å². The highest BCUT2D eigenvalue weighted by atomic mass is 16.1. The van der Waals surface area contributed by atoms with E-state index < -0.39 is 0 Å². The van der Waals surface area contributed by atoms with Crippen molar-refractivity contribution in [2.75, 3.05) is 19.6 Å². The minimum atomic E-state index is 0.0972. The first kappa shape index (κ1) is 12.7. The topological polar surface area (TPSA) is 32.3 Å². The summed E-state index contributed by atoms with van der Waals surface area (Å²) in [6.45, 7) is 7.53. The Labute approximate surface area is 115 Å². The number of nitrogens with zero attached hydrogens (tertiary/aromatic N) is 1. The maximum absolute atomic E-state index is 12.4. The Morgan fingerprint density at radius 3 is 2.63 bits per heavy atom. The average Bonchev–Trinajstić information content (AvgIpc) is 2.43. The molecule has 1 aromatic carbocycles. The van der Waals surface area contributed by atoms with E-state index in [1.165, 1.54) is 31.5 Å². The van der Waals surface area contributed by atoms with E-state index in [4.69, 9.17) is 0 Å². The molecule has 3 nitrogen and oxygen atoms in total. The molecule has 0 radical (unpaired) electrons. The second-order valence-electron chi connectivity index (χ2n) is 5.97. The summed E-state index contributed by atoms with van der Waals surface area (Å²) in [5.41, 5.74) is 3.11. The molecule has 3 aliphatic rings. The van der Waals surface area contributed by atoms with Crippen LogP contribution in [0.15, 0.2) is 18.2 Å². The molecular formula is C16H22N2O. The van der Waals surface area contributed by atoms with Gasteiger partial charge in [0.05, 0.1) is 0 Å². The summed E-state index contributed by atoms with van der Waals surface area (Å²) >= 11 is 0. The number of hydrogen-bond donors (Lipinski definition) is 1. The van der Waals surface area contributed by atoms with Gasteiger partial charge in [0.1, 0.15) is 0 Å². The molecule has 4 rings (SSSR count). The summed E-state index contributed by atoms with van der Waals surface area (Å²) in [5.74, 6) is 0.777. The van der Waals surface area contributed by atoms with E-state index in [0.717, 1.165) is 17.7 Å². The molecule has 0 unspecified atom stereocenters. The fraction of sp³-hybridized carbons (Fsp3) is 0.562. The van der Waals surface area contributed by atoms with E-state index in [9.17, 15) is 4.79 Å². The standard InChI is InChI=1S/C16H22N2O/c1-11-4-3-5-14(12(11)2)16(19)17-15-10-18-8-6-13(15)7-9-18/h3-5,13,15H,6-10H2,1-2H3,(H,17,19)/t15-/m1/s1. The molecular weight excluding hydrogens is 236 g/mol. The summed E-state index contributed by atoms with van der Waals surface area (Å²) in [6, 6.07) is 6.29. The molecule has 0 aromatic heterocycles. The van der Waals surface area contributed by atoms with Crippen molar-refractivity contribution < 1.29 is 4.79 Å². The van der Waals surface area contributed by atoms with Crippen LogP contribution in [0.5, 0.6) is 0 Å². The summed E-state index contributed by atoms with van der Waals surface area (Å²) < 4.78 is 0. The lowest BCUT2D eigenvalue weighted by atomic mass is 9.84. The van der Waals surface area contributed by atoms with Crippen LogP contribution in [0, 0.1) is 19.8 Å². The number of carbonyl (C=O) groups excluding carboxylic acids is 1. The Morgan fingerprint density at radius 1 is 1.26 bits per heavy atom. The van der Waals surface area contributed by atoms with Gasteiger partial charge < -0.3 is 10.2 Å². The van der Waals surface area contributed by atoms with E-state index >= 15 is 0 Å². The summed E-state index contributed by atoms with van der Waals surface area (Å²) in [5, 5.41) is 3.25. The smallest absolute Gasteiger partial charge is 0.251 e. The van der Waals surface area contributed by atoms with Crippen LogP contribution in [0.25, 0.3) is 0 Å². The zero-order valence-corrected chi connectivity index (χ0v) is 11.8. The minimum Gasteiger partial charge on any atom is -0.348 e. The average molecular weight is 258 g/mol. The number of piperidine rings is 3. The van der Waals surface area contributed by atoms with Crippen molar-refractivity contribution in [3.63, 3.8) is 0 Å². The fourth-order valence-electron chi connectivity index (χ4n) is 3.37. The van der Waals surface area contributed by atoms with Crippen LogP contribution in [-0.4, -0.2) is 36.5 Å². The van der Waals surface area contributed by atoms with Crippen LogP contribution in [0.3, 0.4) is 0 Å². The van der Waals surface area contributed by atoms with E-state index in [-0.39, 0.29) is 5.91 Å². The molecule has 3 fully saturated rings. The van der Waals surface area contributed by atoms with Gasteiger partial charge in [0.25, 0.3) is 5.91 Å². The molecule has 1 N–H and O–H groups in total. The fourth-order valence-corrected chi connectivity index (χ4v) is 3.37. The molecule has 1 atom stereocenters. The van der Waals surface area contributed by atoms with Crippen molar-refractivity contribution in [3.05, 3.63) is 34.9 Å². The second-order valence-corrected chi connectivity index (χ2v) is 5.97. The van der Waals surface area contributed by atoms with Gasteiger partial charge in [0.2, 0.25) is 0 Å². The van der Waals surface area contributed by atoms with E-state index in [1.54, 1.807) is 0 Å². The number of rotatable bonds is 2. The zero-order valence-electron chi connectivity index (χ0n) is 11.8. The van der Waals surface area contributed by atoms with Gasteiger partial charge in [-0.3, -0.25) is 4.79 Å². The third kappa shape index (κ3) is 2.39. The lowest BCUT2D eigenvalue weighted by Gasteiger charge is -2.45. The highest BCUT2D eigenvalue weighted by molar-refractivity contribution is 5.96. The normalized spacial score (nSPS) is 29.3. The highest BCUT2D eigenvalue weighted by Crippen LogP contribution is 2.27. The number of aryl methyl sites for hydroxylation is 1.